The maximum absolute atomic E-state index is 13.4. The SMILES string of the molecule is [CH2]c1cccc(C(N)(CCC(=O)OC)C(=O)c2ccc(-c3cc[n+]([O-])cc3)cc2)c1. The van der Waals surface area contributed by atoms with Crippen molar-refractivity contribution in [2.45, 2.75) is 18.4 Å². The first-order valence-corrected chi connectivity index (χ1v) is 9.46. The molecule has 0 bridgehead atoms. The molecule has 3 rings (SSSR count). The van der Waals surface area contributed by atoms with Crippen molar-refractivity contribution < 1.29 is 19.1 Å². The van der Waals surface area contributed by atoms with Crippen molar-refractivity contribution in [3.63, 3.8) is 0 Å². The van der Waals surface area contributed by atoms with Gasteiger partial charge in [-0.25, -0.2) is 0 Å². The van der Waals surface area contributed by atoms with Crippen molar-refractivity contribution in [1.82, 2.24) is 0 Å². The Balaban J connectivity index is 1.93. The smallest absolute Gasteiger partial charge is 0.305 e. The number of benzene rings is 2. The lowest BCUT2D eigenvalue weighted by atomic mass is 9.79. The molecule has 0 spiro atoms. The number of ether oxygens (including phenoxy) is 1. The molecule has 0 fully saturated rings. The standard InChI is InChI=1S/C24H23N2O4/c1-17-4-3-5-21(16-17)24(25,13-10-22(27)30-2)23(28)20-8-6-18(7-9-20)19-11-14-26(29)15-12-19/h3-9,11-12,14-16H,1,10,13,25H2,2H3. The molecule has 0 amide bonds. The number of pyridine rings is 1. The van der Waals surface area contributed by atoms with Gasteiger partial charge in [-0.3, -0.25) is 9.59 Å². The summed E-state index contributed by atoms with van der Waals surface area (Å²) in [6.45, 7) is 3.91. The Bertz CT molecular complexity index is 1050. The summed E-state index contributed by atoms with van der Waals surface area (Å²) in [5.74, 6) is -0.729. The second kappa shape index (κ2) is 8.88. The molecule has 3 aromatic rings. The largest absolute Gasteiger partial charge is 0.619 e. The van der Waals surface area contributed by atoms with E-state index >= 15 is 0 Å². The summed E-state index contributed by atoms with van der Waals surface area (Å²) in [4.78, 5) is 25.1. The molecule has 153 valence electrons. The van der Waals surface area contributed by atoms with Crippen molar-refractivity contribution >= 4 is 11.8 Å². The molecule has 1 radical (unpaired) electrons. The van der Waals surface area contributed by atoms with Crippen LogP contribution in [-0.4, -0.2) is 18.9 Å². The topological polar surface area (TPSA) is 96.3 Å². The van der Waals surface area contributed by atoms with E-state index in [0.29, 0.717) is 15.9 Å². The lowest BCUT2D eigenvalue weighted by molar-refractivity contribution is -0.605. The number of carbonyl (C=O) groups is 2. The number of rotatable bonds is 7. The molecule has 1 aromatic heterocycles. The Labute approximate surface area is 175 Å². The summed E-state index contributed by atoms with van der Waals surface area (Å²) in [6, 6.07) is 17.5. The molecule has 0 saturated heterocycles. The van der Waals surface area contributed by atoms with E-state index in [-0.39, 0.29) is 18.6 Å². The maximum Gasteiger partial charge on any atom is 0.305 e. The molecule has 0 aliphatic carbocycles. The molecule has 6 heteroatoms. The van der Waals surface area contributed by atoms with Crippen molar-refractivity contribution in [3.05, 3.63) is 102 Å². The average Bonchev–Trinajstić information content (AvgIpc) is 2.77. The summed E-state index contributed by atoms with van der Waals surface area (Å²) in [7, 11) is 1.30. The van der Waals surface area contributed by atoms with E-state index in [2.05, 4.69) is 6.92 Å². The van der Waals surface area contributed by atoms with E-state index in [1.165, 1.54) is 19.5 Å². The Kier molecular flexibility index (Phi) is 6.28. The fourth-order valence-electron chi connectivity index (χ4n) is 3.32. The first-order valence-electron chi connectivity index (χ1n) is 9.46. The highest BCUT2D eigenvalue weighted by Crippen LogP contribution is 2.30. The Morgan fingerprint density at radius 3 is 2.30 bits per heavy atom. The molecule has 1 heterocycles. The van der Waals surface area contributed by atoms with Crippen LogP contribution in [0.1, 0.15) is 34.3 Å². The van der Waals surface area contributed by atoms with E-state index in [1.54, 1.807) is 54.6 Å². The van der Waals surface area contributed by atoms with Crippen LogP contribution < -0.4 is 10.5 Å². The maximum atomic E-state index is 13.4. The fourth-order valence-corrected chi connectivity index (χ4v) is 3.32. The van der Waals surface area contributed by atoms with Gasteiger partial charge in [-0.1, -0.05) is 48.5 Å². The second-order valence-corrected chi connectivity index (χ2v) is 7.10. The highest BCUT2D eigenvalue weighted by Gasteiger charge is 2.37. The molecule has 0 aliphatic heterocycles. The van der Waals surface area contributed by atoms with E-state index in [4.69, 9.17) is 10.5 Å². The monoisotopic (exact) mass is 403 g/mol. The van der Waals surface area contributed by atoms with Gasteiger partial charge in [0, 0.05) is 24.1 Å². The van der Waals surface area contributed by atoms with Gasteiger partial charge in [0.15, 0.2) is 18.2 Å². The summed E-state index contributed by atoms with van der Waals surface area (Å²) >= 11 is 0. The van der Waals surface area contributed by atoms with Gasteiger partial charge in [-0.05, 0) is 35.6 Å². The zero-order chi connectivity index (χ0) is 21.7. The first-order chi connectivity index (χ1) is 14.3. The quantitative estimate of drug-likeness (QED) is 0.283. The average molecular weight is 403 g/mol. The molecule has 2 aromatic carbocycles. The zero-order valence-corrected chi connectivity index (χ0v) is 16.7. The van der Waals surface area contributed by atoms with Gasteiger partial charge < -0.3 is 15.7 Å². The molecule has 1 atom stereocenters. The number of ketones is 1. The minimum atomic E-state index is -1.40. The number of nitrogens with zero attached hydrogens (tertiary/aromatic N) is 1. The summed E-state index contributed by atoms with van der Waals surface area (Å²) in [5.41, 5.74) is 8.68. The van der Waals surface area contributed by atoms with E-state index < -0.39 is 11.5 Å². The molecule has 0 aliphatic rings. The third kappa shape index (κ3) is 4.55. The molecule has 6 nitrogen and oxygen atoms in total. The molecule has 30 heavy (non-hydrogen) atoms. The van der Waals surface area contributed by atoms with Crippen LogP contribution in [0.25, 0.3) is 11.1 Å². The number of Topliss-reactive ketones (excluding diaryl/α,β-unsaturated/α-hetero) is 1. The first kappa shape index (κ1) is 21.2. The molecule has 2 N–H and O–H groups in total. The van der Waals surface area contributed by atoms with E-state index in [1.807, 2.05) is 6.07 Å². The second-order valence-electron chi connectivity index (χ2n) is 7.10. The van der Waals surface area contributed by atoms with Gasteiger partial charge in [0.05, 0.1) is 7.11 Å². The molecular weight excluding hydrogens is 380 g/mol. The van der Waals surface area contributed by atoms with Crippen LogP contribution in [0.5, 0.6) is 0 Å². The minimum Gasteiger partial charge on any atom is -0.619 e. The number of esters is 1. The lowest BCUT2D eigenvalue weighted by Crippen LogP contribution is -2.45. The zero-order valence-electron chi connectivity index (χ0n) is 16.7. The van der Waals surface area contributed by atoms with Gasteiger partial charge in [0.25, 0.3) is 0 Å². The van der Waals surface area contributed by atoms with E-state index in [9.17, 15) is 14.8 Å². The lowest BCUT2D eigenvalue weighted by Gasteiger charge is -2.29. The number of nitrogens with two attached hydrogens (primary N) is 1. The predicted molar refractivity (Wildman–Crippen MR) is 113 cm³/mol. The Hall–Kier alpha value is -3.51. The van der Waals surface area contributed by atoms with Crippen molar-refractivity contribution in [2.24, 2.45) is 5.73 Å². The Morgan fingerprint density at radius 1 is 1.07 bits per heavy atom. The summed E-state index contributed by atoms with van der Waals surface area (Å²) < 4.78 is 5.43. The number of methoxy groups -OCH3 is 1. The minimum absolute atomic E-state index is 0.0113. The van der Waals surface area contributed by atoms with Crippen LogP contribution in [0.2, 0.25) is 0 Å². The molecular formula is C24H23N2O4. The number of hydrogen-bond donors (Lipinski definition) is 1. The number of aromatic nitrogens is 1. The van der Waals surface area contributed by atoms with Crippen molar-refractivity contribution in [1.29, 1.82) is 0 Å². The third-order valence-electron chi connectivity index (χ3n) is 5.08. The van der Waals surface area contributed by atoms with E-state index in [0.717, 1.165) is 16.7 Å². The highest BCUT2D eigenvalue weighted by atomic mass is 16.5. The Morgan fingerprint density at radius 2 is 1.70 bits per heavy atom. The predicted octanol–water partition coefficient (Wildman–Crippen LogP) is 3.16. The van der Waals surface area contributed by atoms with Crippen LogP contribution in [0, 0.1) is 12.1 Å². The molecule has 0 saturated carbocycles. The number of carbonyl (C=O) groups excluding carboxylic acids is 2. The van der Waals surface area contributed by atoms with Gasteiger partial charge in [0.1, 0.15) is 5.54 Å². The van der Waals surface area contributed by atoms with Crippen LogP contribution in [0.3, 0.4) is 0 Å². The summed E-state index contributed by atoms with van der Waals surface area (Å²) in [6.07, 6.45) is 2.94. The normalized spacial score (nSPS) is 12.8. The van der Waals surface area contributed by atoms with Gasteiger partial charge in [-0.2, -0.15) is 4.73 Å². The summed E-state index contributed by atoms with van der Waals surface area (Å²) in [5, 5.41) is 11.2. The van der Waals surface area contributed by atoms with Gasteiger partial charge >= 0.3 is 5.97 Å². The third-order valence-corrected chi connectivity index (χ3v) is 5.08. The van der Waals surface area contributed by atoms with Crippen LogP contribution in [0.15, 0.2) is 73.1 Å². The van der Waals surface area contributed by atoms with Gasteiger partial charge in [0.2, 0.25) is 0 Å². The fraction of sp³-hybridized carbons (Fsp3) is 0.167. The van der Waals surface area contributed by atoms with Crippen LogP contribution in [-0.2, 0) is 15.1 Å². The van der Waals surface area contributed by atoms with Crippen molar-refractivity contribution in [3.8, 4) is 11.1 Å². The molecule has 1 unspecified atom stereocenters. The van der Waals surface area contributed by atoms with Crippen LogP contribution >= 0.6 is 0 Å². The highest BCUT2D eigenvalue weighted by molar-refractivity contribution is 6.04. The van der Waals surface area contributed by atoms with Crippen LogP contribution in [0.4, 0.5) is 0 Å². The van der Waals surface area contributed by atoms with Gasteiger partial charge in [-0.15, -0.1) is 0 Å². The van der Waals surface area contributed by atoms with Crippen molar-refractivity contribution in [2.75, 3.05) is 7.11 Å². The number of hydrogen-bond acceptors (Lipinski definition) is 5.